The normalized spacial score (nSPS) is 9.40. The Morgan fingerprint density at radius 1 is 1.50 bits per heavy atom. The van der Waals surface area contributed by atoms with Crippen molar-refractivity contribution in [2.45, 2.75) is 20.8 Å². The van der Waals surface area contributed by atoms with E-state index in [1.807, 2.05) is 20.8 Å². The summed E-state index contributed by atoms with van der Waals surface area (Å²) in [6, 6.07) is 0. The van der Waals surface area contributed by atoms with Crippen LogP contribution in [0.15, 0.2) is 24.4 Å². The summed E-state index contributed by atoms with van der Waals surface area (Å²) in [6.45, 7) is 9.48. The fourth-order valence-corrected chi connectivity index (χ4v) is 0.211. The lowest BCUT2D eigenvalue weighted by molar-refractivity contribution is 0.128. The first kappa shape index (κ1) is 12.0. The van der Waals surface area contributed by atoms with E-state index in [2.05, 4.69) is 16.9 Å². The highest BCUT2D eigenvalue weighted by Gasteiger charge is 1.73. The molecule has 0 bridgehead atoms. The average Bonchev–Trinajstić information content (AvgIpc) is 2.04. The Balaban J connectivity index is 0. The van der Waals surface area contributed by atoms with Crippen LogP contribution in [0, 0.1) is 0 Å². The third-order valence-electron chi connectivity index (χ3n) is 0.726. The zero-order valence-electron chi connectivity index (χ0n) is 7.27. The first-order valence-corrected chi connectivity index (χ1v) is 3.39. The first-order valence-electron chi connectivity index (χ1n) is 3.39. The molecule has 0 aromatic rings. The molecule has 0 spiro atoms. The van der Waals surface area contributed by atoms with Crippen molar-refractivity contribution in [2.24, 2.45) is 0 Å². The molecule has 0 fully saturated rings. The molecule has 0 aliphatic heterocycles. The molecule has 0 rings (SSSR count). The quantitative estimate of drug-likeness (QED) is 0.483. The highest BCUT2D eigenvalue weighted by molar-refractivity contribution is 5.10. The molecule has 1 N–H and O–H groups in total. The average molecular weight is 143 g/mol. The van der Waals surface area contributed by atoms with Gasteiger partial charge >= 0.3 is 0 Å². The van der Waals surface area contributed by atoms with E-state index < -0.39 is 0 Å². The number of allylic oxidation sites excluding steroid dienone is 2. The Morgan fingerprint density at radius 2 is 2.00 bits per heavy atom. The fourth-order valence-electron chi connectivity index (χ4n) is 0.211. The van der Waals surface area contributed by atoms with E-state index >= 15 is 0 Å². The van der Waals surface area contributed by atoms with Crippen LogP contribution in [0.5, 0.6) is 0 Å². The second-order valence-corrected chi connectivity index (χ2v) is 1.41. The molecule has 60 valence electrons. The molecule has 0 unspecified atom stereocenters. The van der Waals surface area contributed by atoms with Crippen LogP contribution in [0.1, 0.15) is 20.8 Å². The molecule has 0 radical (unpaired) electrons. The number of rotatable bonds is 3. The highest BCUT2D eigenvalue weighted by Crippen LogP contribution is 1.87. The topological polar surface area (TPSA) is 21.3 Å². The van der Waals surface area contributed by atoms with Crippen LogP contribution in [-0.4, -0.2) is 7.11 Å². The zero-order valence-corrected chi connectivity index (χ0v) is 7.27. The van der Waals surface area contributed by atoms with Gasteiger partial charge in [-0.25, -0.2) is 0 Å². The van der Waals surface area contributed by atoms with Crippen molar-refractivity contribution < 1.29 is 4.84 Å². The molecule has 2 nitrogen and oxygen atoms in total. The van der Waals surface area contributed by atoms with Crippen LogP contribution in [0.25, 0.3) is 0 Å². The molecule has 0 aromatic carbocycles. The lowest BCUT2D eigenvalue weighted by atomic mass is 10.3. The predicted octanol–water partition coefficient (Wildman–Crippen LogP) is 2.25. The monoisotopic (exact) mass is 143 g/mol. The lowest BCUT2D eigenvalue weighted by Crippen LogP contribution is -2.01. The summed E-state index contributed by atoms with van der Waals surface area (Å²) < 4.78 is 0. The minimum atomic E-state index is 1.05. The van der Waals surface area contributed by atoms with Gasteiger partial charge in [0.15, 0.2) is 0 Å². The molecule has 0 saturated carbocycles. The van der Waals surface area contributed by atoms with Crippen LogP contribution in [0.2, 0.25) is 0 Å². The van der Waals surface area contributed by atoms with E-state index in [1.54, 1.807) is 19.4 Å². The zero-order chi connectivity index (χ0) is 8.41. The SMILES string of the molecule is C=C/C(C)=C\NOC.CC. The first-order chi connectivity index (χ1) is 4.81. The Hall–Kier alpha value is -0.760. The summed E-state index contributed by atoms with van der Waals surface area (Å²) in [7, 11) is 1.56. The maximum Gasteiger partial charge on any atom is 0.0636 e. The molecular formula is C8H17NO. The van der Waals surface area contributed by atoms with Gasteiger partial charge in [0, 0.05) is 6.20 Å². The van der Waals surface area contributed by atoms with Crippen molar-refractivity contribution in [1.29, 1.82) is 0 Å². The van der Waals surface area contributed by atoms with E-state index in [0.29, 0.717) is 0 Å². The van der Waals surface area contributed by atoms with Crippen LogP contribution in [0.4, 0.5) is 0 Å². The van der Waals surface area contributed by atoms with Crippen molar-refractivity contribution in [3.05, 3.63) is 24.4 Å². The fraction of sp³-hybridized carbons (Fsp3) is 0.500. The Labute approximate surface area is 63.5 Å². The molecule has 0 aliphatic rings. The van der Waals surface area contributed by atoms with E-state index in [-0.39, 0.29) is 0 Å². The molecule has 10 heavy (non-hydrogen) atoms. The molecule has 0 aliphatic carbocycles. The molecule has 0 atom stereocenters. The molecular weight excluding hydrogens is 126 g/mol. The Morgan fingerprint density at radius 3 is 2.30 bits per heavy atom. The van der Waals surface area contributed by atoms with Gasteiger partial charge in [0.25, 0.3) is 0 Å². The van der Waals surface area contributed by atoms with Crippen molar-refractivity contribution in [3.8, 4) is 0 Å². The number of hydrogen-bond acceptors (Lipinski definition) is 2. The van der Waals surface area contributed by atoms with Crippen LogP contribution >= 0.6 is 0 Å². The molecule has 0 amide bonds. The Bertz CT molecular complexity index is 97.4. The van der Waals surface area contributed by atoms with Crippen molar-refractivity contribution in [2.75, 3.05) is 7.11 Å². The standard InChI is InChI=1S/C6H11NO.C2H6/c1-4-6(2)5-7-8-3;1-2/h4-5,7H,1H2,2-3H3;1-2H3/b6-5-;. The summed E-state index contributed by atoms with van der Waals surface area (Å²) in [6.07, 6.45) is 3.47. The summed E-state index contributed by atoms with van der Waals surface area (Å²) in [4.78, 5) is 4.54. The maximum atomic E-state index is 4.54. The van der Waals surface area contributed by atoms with Crippen LogP contribution in [-0.2, 0) is 4.84 Å². The molecule has 0 aromatic heterocycles. The highest BCUT2D eigenvalue weighted by atomic mass is 16.6. The van der Waals surface area contributed by atoms with Gasteiger partial charge in [-0.1, -0.05) is 26.5 Å². The van der Waals surface area contributed by atoms with Gasteiger partial charge in [-0.2, -0.15) is 0 Å². The molecule has 0 heterocycles. The third-order valence-corrected chi connectivity index (χ3v) is 0.726. The van der Waals surface area contributed by atoms with Gasteiger partial charge in [0.2, 0.25) is 0 Å². The van der Waals surface area contributed by atoms with E-state index in [1.165, 1.54) is 0 Å². The summed E-state index contributed by atoms with van der Waals surface area (Å²) in [5.74, 6) is 0. The summed E-state index contributed by atoms with van der Waals surface area (Å²) in [5, 5.41) is 0. The summed E-state index contributed by atoms with van der Waals surface area (Å²) >= 11 is 0. The van der Waals surface area contributed by atoms with Gasteiger partial charge in [-0.3, -0.25) is 10.3 Å². The van der Waals surface area contributed by atoms with Crippen molar-refractivity contribution in [3.63, 3.8) is 0 Å². The smallest absolute Gasteiger partial charge is 0.0636 e. The van der Waals surface area contributed by atoms with Crippen molar-refractivity contribution >= 4 is 0 Å². The van der Waals surface area contributed by atoms with E-state index in [0.717, 1.165) is 5.57 Å². The molecule has 0 saturated heterocycles. The third kappa shape index (κ3) is 10.3. The van der Waals surface area contributed by atoms with Gasteiger partial charge in [0.05, 0.1) is 7.11 Å². The van der Waals surface area contributed by atoms with Crippen molar-refractivity contribution in [1.82, 2.24) is 5.48 Å². The van der Waals surface area contributed by atoms with E-state index in [9.17, 15) is 0 Å². The largest absolute Gasteiger partial charge is 0.280 e. The van der Waals surface area contributed by atoms with Gasteiger partial charge in [-0.05, 0) is 12.5 Å². The van der Waals surface area contributed by atoms with Gasteiger partial charge in [-0.15, -0.1) is 0 Å². The summed E-state index contributed by atoms with van der Waals surface area (Å²) in [5.41, 5.74) is 3.61. The maximum absolute atomic E-state index is 4.54. The minimum absolute atomic E-state index is 1.05. The molecule has 2 heteroatoms. The minimum Gasteiger partial charge on any atom is -0.280 e. The van der Waals surface area contributed by atoms with E-state index in [4.69, 9.17) is 0 Å². The van der Waals surface area contributed by atoms with Gasteiger partial charge in [0.1, 0.15) is 0 Å². The second kappa shape index (κ2) is 11.1. The number of hydrogen-bond donors (Lipinski definition) is 1. The van der Waals surface area contributed by atoms with Gasteiger partial charge < -0.3 is 0 Å². The number of nitrogens with one attached hydrogen (secondary N) is 1. The number of hydroxylamine groups is 1. The Kier molecular flexibility index (Phi) is 13.3. The predicted molar refractivity (Wildman–Crippen MR) is 45.4 cm³/mol. The lowest BCUT2D eigenvalue weighted by Gasteiger charge is -1.93. The van der Waals surface area contributed by atoms with Crippen LogP contribution in [0.3, 0.4) is 0 Å². The second-order valence-electron chi connectivity index (χ2n) is 1.41. The van der Waals surface area contributed by atoms with Crippen LogP contribution < -0.4 is 5.48 Å².